The molecule has 1 aromatic carbocycles. The summed E-state index contributed by atoms with van der Waals surface area (Å²) in [5.74, 6) is 1.62. The van der Waals surface area contributed by atoms with Crippen molar-refractivity contribution in [1.82, 2.24) is 5.32 Å². The number of nitrogens with one attached hydrogen (secondary N) is 1. The van der Waals surface area contributed by atoms with Gasteiger partial charge in [-0.05, 0) is 46.5 Å². The van der Waals surface area contributed by atoms with Crippen LogP contribution in [0.1, 0.15) is 25.8 Å². The molecule has 0 saturated carbocycles. The second kappa shape index (κ2) is 5.40. The summed E-state index contributed by atoms with van der Waals surface area (Å²) in [4.78, 5) is 0. The van der Waals surface area contributed by atoms with Gasteiger partial charge >= 0.3 is 0 Å². The van der Waals surface area contributed by atoms with Crippen LogP contribution in [0.15, 0.2) is 22.7 Å². The highest BCUT2D eigenvalue weighted by Crippen LogP contribution is 2.28. The first-order chi connectivity index (χ1) is 8.06. The monoisotopic (exact) mass is 297 g/mol. The third kappa shape index (κ3) is 3.23. The Morgan fingerprint density at radius 3 is 2.76 bits per heavy atom. The molecule has 2 nitrogen and oxygen atoms in total. The average molecular weight is 298 g/mol. The summed E-state index contributed by atoms with van der Waals surface area (Å²) in [5, 5.41) is 3.52. The first-order valence-electron chi connectivity index (χ1n) is 6.22. The van der Waals surface area contributed by atoms with Gasteiger partial charge in [0.05, 0.1) is 4.47 Å². The van der Waals surface area contributed by atoms with Crippen LogP contribution in [0.25, 0.3) is 0 Å². The number of hydrogen-bond donors (Lipinski definition) is 1. The molecule has 1 saturated heterocycles. The topological polar surface area (TPSA) is 21.3 Å². The summed E-state index contributed by atoms with van der Waals surface area (Å²) in [5.41, 5.74) is 1.24. The molecule has 0 amide bonds. The average Bonchev–Trinajstić information content (AvgIpc) is 2.71. The molecule has 0 radical (unpaired) electrons. The van der Waals surface area contributed by atoms with Crippen LogP contribution >= 0.6 is 15.9 Å². The molecular weight excluding hydrogens is 278 g/mol. The molecule has 94 valence electrons. The molecule has 17 heavy (non-hydrogen) atoms. The SMILES string of the molecule is Cc1ccc(OC2CNC(C(C)C)C2)c(Br)c1. The molecule has 2 atom stereocenters. The van der Waals surface area contributed by atoms with E-state index < -0.39 is 0 Å². The van der Waals surface area contributed by atoms with Crippen molar-refractivity contribution in [2.45, 2.75) is 39.3 Å². The number of benzene rings is 1. The highest BCUT2D eigenvalue weighted by Gasteiger charge is 2.27. The minimum atomic E-state index is 0.293. The van der Waals surface area contributed by atoms with Crippen molar-refractivity contribution in [2.24, 2.45) is 5.92 Å². The molecule has 1 aromatic rings. The summed E-state index contributed by atoms with van der Waals surface area (Å²) >= 11 is 3.55. The summed E-state index contributed by atoms with van der Waals surface area (Å²) in [6, 6.07) is 6.81. The van der Waals surface area contributed by atoms with E-state index in [4.69, 9.17) is 4.74 Å². The molecule has 1 aliphatic heterocycles. The van der Waals surface area contributed by atoms with E-state index >= 15 is 0 Å². The zero-order chi connectivity index (χ0) is 12.4. The van der Waals surface area contributed by atoms with Crippen LogP contribution in [0.4, 0.5) is 0 Å². The molecule has 2 unspecified atom stereocenters. The Hall–Kier alpha value is -0.540. The molecule has 1 N–H and O–H groups in total. The fourth-order valence-corrected chi connectivity index (χ4v) is 2.80. The molecule has 0 aromatic heterocycles. The quantitative estimate of drug-likeness (QED) is 0.922. The molecule has 2 rings (SSSR count). The first kappa shape index (κ1) is 12.9. The lowest BCUT2D eigenvalue weighted by Crippen LogP contribution is -2.26. The van der Waals surface area contributed by atoms with Crippen molar-refractivity contribution in [3.05, 3.63) is 28.2 Å². The maximum Gasteiger partial charge on any atom is 0.133 e. The van der Waals surface area contributed by atoms with Gasteiger partial charge < -0.3 is 10.1 Å². The van der Waals surface area contributed by atoms with Gasteiger partial charge in [-0.15, -0.1) is 0 Å². The third-order valence-corrected chi connectivity index (χ3v) is 3.93. The number of aryl methyl sites for hydroxylation is 1. The van der Waals surface area contributed by atoms with Crippen molar-refractivity contribution in [2.75, 3.05) is 6.54 Å². The Morgan fingerprint density at radius 2 is 2.18 bits per heavy atom. The van der Waals surface area contributed by atoms with E-state index in [1.165, 1.54) is 5.56 Å². The van der Waals surface area contributed by atoms with Crippen LogP contribution in [0.2, 0.25) is 0 Å². The maximum atomic E-state index is 6.03. The van der Waals surface area contributed by atoms with Crippen LogP contribution in [-0.2, 0) is 0 Å². The molecule has 1 fully saturated rings. The third-order valence-electron chi connectivity index (χ3n) is 3.31. The Labute approximate surface area is 112 Å². The smallest absolute Gasteiger partial charge is 0.133 e. The number of rotatable bonds is 3. The summed E-state index contributed by atoms with van der Waals surface area (Å²) in [6.45, 7) is 7.54. The van der Waals surface area contributed by atoms with Gasteiger partial charge in [-0.2, -0.15) is 0 Å². The summed E-state index contributed by atoms with van der Waals surface area (Å²) < 4.78 is 7.08. The number of hydrogen-bond acceptors (Lipinski definition) is 2. The van der Waals surface area contributed by atoms with E-state index in [0.717, 1.165) is 23.2 Å². The molecule has 3 heteroatoms. The van der Waals surface area contributed by atoms with E-state index in [9.17, 15) is 0 Å². The maximum absolute atomic E-state index is 6.03. The predicted octanol–water partition coefficient (Wildman–Crippen LogP) is 3.52. The van der Waals surface area contributed by atoms with Crippen molar-refractivity contribution >= 4 is 15.9 Å². The van der Waals surface area contributed by atoms with Crippen LogP contribution in [0.3, 0.4) is 0 Å². The van der Waals surface area contributed by atoms with Gasteiger partial charge in [-0.3, -0.25) is 0 Å². The van der Waals surface area contributed by atoms with Gasteiger partial charge in [-0.1, -0.05) is 19.9 Å². The Kier molecular flexibility index (Phi) is 4.10. The van der Waals surface area contributed by atoms with Crippen molar-refractivity contribution in [1.29, 1.82) is 0 Å². The lowest BCUT2D eigenvalue weighted by molar-refractivity contribution is 0.215. The Balaban J connectivity index is 1.98. The van der Waals surface area contributed by atoms with Crippen LogP contribution in [0.5, 0.6) is 5.75 Å². The highest BCUT2D eigenvalue weighted by molar-refractivity contribution is 9.10. The largest absolute Gasteiger partial charge is 0.488 e. The number of ether oxygens (including phenoxy) is 1. The summed E-state index contributed by atoms with van der Waals surface area (Å²) in [6.07, 6.45) is 1.39. The predicted molar refractivity (Wildman–Crippen MR) is 74.5 cm³/mol. The van der Waals surface area contributed by atoms with Crippen LogP contribution < -0.4 is 10.1 Å². The minimum Gasteiger partial charge on any atom is -0.488 e. The van der Waals surface area contributed by atoms with Crippen LogP contribution in [0, 0.1) is 12.8 Å². The summed E-state index contributed by atoms with van der Waals surface area (Å²) in [7, 11) is 0. The lowest BCUT2D eigenvalue weighted by atomic mass is 10.0. The number of halogens is 1. The normalized spacial score (nSPS) is 24.3. The van der Waals surface area contributed by atoms with Crippen LogP contribution in [-0.4, -0.2) is 18.7 Å². The molecule has 0 bridgehead atoms. The van der Waals surface area contributed by atoms with Gasteiger partial charge in [0.25, 0.3) is 0 Å². The lowest BCUT2D eigenvalue weighted by Gasteiger charge is -2.16. The molecule has 1 aliphatic rings. The molecule has 1 heterocycles. The minimum absolute atomic E-state index is 0.293. The first-order valence-corrected chi connectivity index (χ1v) is 7.01. The standard InChI is InChI=1S/C14H20BrNO/c1-9(2)13-7-11(8-16-13)17-14-5-4-10(3)6-12(14)15/h4-6,9,11,13,16H,7-8H2,1-3H3. The van der Waals surface area contributed by atoms with E-state index in [1.807, 2.05) is 6.07 Å². The van der Waals surface area contributed by atoms with E-state index in [1.54, 1.807) is 0 Å². The van der Waals surface area contributed by atoms with Gasteiger partial charge in [0.1, 0.15) is 11.9 Å². The highest BCUT2D eigenvalue weighted by atomic mass is 79.9. The van der Waals surface area contributed by atoms with Gasteiger partial charge in [-0.25, -0.2) is 0 Å². The second-order valence-electron chi connectivity index (χ2n) is 5.17. The van der Waals surface area contributed by atoms with Gasteiger partial charge in [0, 0.05) is 19.0 Å². The Morgan fingerprint density at radius 1 is 1.41 bits per heavy atom. The van der Waals surface area contributed by atoms with Crippen molar-refractivity contribution in [3.8, 4) is 5.75 Å². The van der Waals surface area contributed by atoms with Crippen molar-refractivity contribution < 1.29 is 4.74 Å². The fraction of sp³-hybridized carbons (Fsp3) is 0.571. The van der Waals surface area contributed by atoms with E-state index in [-0.39, 0.29) is 0 Å². The van der Waals surface area contributed by atoms with Crippen molar-refractivity contribution in [3.63, 3.8) is 0 Å². The van der Waals surface area contributed by atoms with E-state index in [0.29, 0.717) is 18.1 Å². The molecular formula is C14H20BrNO. The van der Waals surface area contributed by atoms with Gasteiger partial charge in [0.15, 0.2) is 0 Å². The zero-order valence-corrected chi connectivity index (χ0v) is 12.3. The second-order valence-corrected chi connectivity index (χ2v) is 6.02. The zero-order valence-electron chi connectivity index (χ0n) is 10.7. The molecule has 0 aliphatic carbocycles. The fourth-order valence-electron chi connectivity index (χ4n) is 2.21. The molecule has 0 spiro atoms. The Bertz CT molecular complexity index is 392. The van der Waals surface area contributed by atoms with E-state index in [2.05, 4.69) is 54.2 Å². The van der Waals surface area contributed by atoms with Gasteiger partial charge in [0.2, 0.25) is 0 Å².